The predicted molar refractivity (Wildman–Crippen MR) is 134 cm³/mol. The van der Waals surface area contributed by atoms with E-state index in [0.717, 1.165) is 30.8 Å². The third-order valence-electron chi connectivity index (χ3n) is 5.66. The molecule has 0 aliphatic carbocycles. The molecule has 0 saturated carbocycles. The number of rotatable bonds is 4. The fourth-order valence-corrected chi connectivity index (χ4v) is 4.96. The van der Waals surface area contributed by atoms with E-state index in [4.69, 9.17) is 4.74 Å². The third-order valence-corrected chi connectivity index (χ3v) is 6.64. The number of alkyl halides is 2. The Bertz CT molecular complexity index is 1120. The molecule has 1 saturated heterocycles. The van der Waals surface area contributed by atoms with Gasteiger partial charge in [0.2, 0.25) is 0 Å². The smallest absolute Gasteiger partial charge is 0.410 e. The fraction of sp³-hybridized carbons (Fsp3) is 0.458. The van der Waals surface area contributed by atoms with Gasteiger partial charge in [0.1, 0.15) is 5.60 Å². The molecule has 1 amide bonds. The van der Waals surface area contributed by atoms with E-state index < -0.39 is 24.2 Å². The monoisotopic (exact) mass is 585 g/mol. The summed E-state index contributed by atoms with van der Waals surface area (Å²) >= 11 is 6.98. The molecule has 1 fully saturated rings. The number of halogens is 4. The molecule has 33 heavy (non-hydrogen) atoms. The van der Waals surface area contributed by atoms with Gasteiger partial charge in [-0.05, 0) is 57.2 Å². The van der Waals surface area contributed by atoms with Crippen molar-refractivity contribution in [2.75, 3.05) is 32.7 Å². The van der Waals surface area contributed by atoms with Crippen LogP contribution in [-0.2, 0) is 11.3 Å². The lowest BCUT2D eigenvalue weighted by atomic mass is 10.2. The molecule has 4 rings (SSSR count). The maximum absolute atomic E-state index is 15.3. The summed E-state index contributed by atoms with van der Waals surface area (Å²) in [6.45, 7) is 6.20. The Hall–Kier alpha value is -1.71. The van der Waals surface area contributed by atoms with Crippen LogP contribution in [0.25, 0.3) is 21.8 Å². The highest BCUT2D eigenvalue weighted by Crippen LogP contribution is 2.35. The zero-order valence-corrected chi connectivity index (χ0v) is 22.0. The maximum Gasteiger partial charge on any atom is 0.410 e. The maximum atomic E-state index is 15.3. The largest absolute Gasteiger partial charge is 0.444 e. The van der Waals surface area contributed by atoms with Gasteiger partial charge in [-0.25, -0.2) is 13.6 Å². The van der Waals surface area contributed by atoms with Gasteiger partial charge in [0.05, 0.1) is 13.1 Å². The molecule has 1 aliphatic rings. The molecular weight excluding hydrogens is 560 g/mol. The van der Waals surface area contributed by atoms with Crippen LogP contribution in [0.3, 0.4) is 0 Å². The summed E-state index contributed by atoms with van der Waals surface area (Å²) in [6.07, 6.45) is -0.392. The van der Waals surface area contributed by atoms with Crippen molar-refractivity contribution in [2.24, 2.45) is 0 Å². The first-order chi connectivity index (χ1) is 15.4. The zero-order chi connectivity index (χ0) is 24.0. The number of hydrogen-bond donors (Lipinski definition) is 0. The summed E-state index contributed by atoms with van der Waals surface area (Å²) in [5, 5.41) is 1.87. The van der Waals surface area contributed by atoms with E-state index >= 15 is 8.78 Å². The van der Waals surface area contributed by atoms with E-state index in [2.05, 4.69) is 31.9 Å². The van der Waals surface area contributed by atoms with Crippen LogP contribution < -0.4 is 0 Å². The molecule has 0 spiro atoms. The zero-order valence-electron chi connectivity index (χ0n) is 18.9. The van der Waals surface area contributed by atoms with Crippen LogP contribution >= 0.6 is 31.9 Å². The molecule has 0 radical (unpaired) electrons. The van der Waals surface area contributed by atoms with Crippen molar-refractivity contribution in [2.45, 2.75) is 38.8 Å². The second kappa shape index (κ2) is 9.15. The van der Waals surface area contributed by atoms with Crippen LogP contribution in [0.15, 0.2) is 45.3 Å². The molecule has 2 heterocycles. The SMILES string of the molecule is CC(C)(C)OC(=O)N1CCN(CC(F)(F)Cn2c3ccc(Br)cc3c3cc(Br)ccc32)CC1. The number of aromatic nitrogens is 1. The van der Waals surface area contributed by atoms with Crippen molar-refractivity contribution in [3.05, 3.63) is 45.3 Å². The summed E-state index contributed by atoms with van der Waals surface area (Å²) in [7, 11) is 0. The van der Waals surface area contributed by atoms with Crippen molar-refractivity contribution in [1.82, 2.24) is 14.4 Å². The summed E-state index contributed by atoms with van der Waals surface area (Å²) in [5.74, 6) is -2.94. The van der Waals surface area contributed by atoms with Crippen molar-refractivity contribution in [3.8, 4) is 0 Å². The quantitative estimate of drug-likeness (QED) is 0.350. The molecular formula is C24H27Br2F2N3O2. The molecule has 1 aromatic heterocycles. The molecule has 3 aromatic rings. The van der Waals surface area contributed by atoms with Gasteiger partial charge in [-0.15, -0.1) is 0 Å². The molecule has 0 bridgehead atoms. The van der Waals surface area contributed by atoms with E-state index in [1.54, 1.807) is 14.4 Å². The standard InChI is InChI=1S/C24H27Br2F2N3O2/c1-23(2,3)33-22(32)30-10-8-29(9-11-30)14-24(27,28)15-31-20-6-4-16(25)12-18(20)19-13-17(26)5-7-21(19)31/h4-7,12-13H,8-11,14-15H2,1-3H3. The van der Waals surface area contributed by atoms with E-state index in [1.165, 1.54) is 0 Å². The highest BCUT2D eigenvalue weighted by molar-refractivity contribution is 9.10. The number of ether oxygens (including phenoxy) is 1. The molecule has 2 aromatic carbocycles. The van der Waals surface area contributed by atoms with Gasteiger partial charge in [-0.2, -0.15) is 0 Å². The van der Waals surface area contributed by atoms with Gasteiger partial charge in [-0.3, -0.25) is 4.90 Å². The lowest BCUT2D eigenvalue weighted by molar-refractivity contribution is -0.0540. The Labute approximate surface area is 208 Å². The average molecular weight is 587 g/mol. The van der Waals surface area contributed by atoms with Gasteiger partial charge < -0.3 is 14.2 Å². The average Bonchev–Trinajstić information content (AvgIpc) is 2.98. The number of amides is 1. The highest BCUT2D eigenvalue weighted by atomic mass is 79.9. The Balaban J connectivity index is 1.49. The Kier molecular flexibility index (Phi) is 6.77. The normalized spacial score (nSPS) is 16.0. The topological polar surface area (TPSA) is 37.7 Å². The highest BCUT2D eigenvalue weighted by Gasteiger charge is 2.35. The van der Waals surface area contributed by atoms with Crippen LogP contribution in [0.4, 0.5) is 13.6 Å². The van der Waals surface area contributed by atoms with Crippen LogP contribution in [0.5, 0.6) is 0 Å². The molecule has 178 valence electrons. The van der Waals surface area contributed by atoms with Gasteiger partial charge in [0.15, 0.2) is 0 Å². The Morgan fingerprint density at radius 1 is 0.909 bits per heavy atom. The van der Waals surface area contributed by atoms with Crippen molar-refractivity contribution >= 4 is 59.8 Å². The molecule has 1 aliphatic heterocycles. The first kappa shape index (κ1) is 24.4. The van der Waals surface area contributed by atoms with E-state index in [0.29, 0.717) is 26.2 Å². The van der Waals surface area contributed by atoms with Crippen molar-refractivity contribution < 1.29 is 18.3 Å². The minimum absolute atomic E-state index is 0.358. The Morgan fingerprint density at radius 3 is 1.91 bits per heavy atom. The number of fused-ring (bicyclic) bond motifs is 3. The van der Waals surface area contributed by atoms with Crippen LogP contribution in [-0.4, -0.2) is 64.7 Å². The van der Waals surface area contributed by atoms with E-state index in [-0.39, 0.29) is 6.54 Å². The van der Waals surface area contributed by atoms with Gasteiger partial charge >= 0.3 is 6.09 Å². The molecule has 5 nitrogen and oxygen atoms in total. The number of piperazine rings is 1. The number of carbonyl (C=O) groups is 1. The number of carbonyl (C=O) groups excluding carboxylic acids is 1. The minimum Gasteiger partial charge on any atom is -0.444 e. The van der Waals surface area contributed by atoms with Gasteiger partial charge in [0.25, 0.3) is 5.92 Å². The number of nitrogens with zero attached hydrogens (tertiary/aromatic N) is 3. The summed E-state index contributed by atoms with van der Waals surface area (Å²) in [6, 6.07) is 11.4. The first-order valence-electron chi connectivity index (χ1n) is 10.9. The van der Waals surface area contributed by atoms with Crippen LogP contribution in [0, 0.1) is 0 Å². The van der Waals surface area contributed by atoms with Crippen LogP contribution in [0.2, 0.25) is 0 Å². The fourth-order valence-electron chi connectivity index (χ4n) is 4.24. The molecule has 0 N–H and O–H groups in total. The third kappa shape index (κ3) is 5.69. The number of benzene rings is 2. The Morgan fingerprint density at radius 2 is 1.42 bits per heavy atom. The predicted octanol–water partition coefficient (Wildman–Crippen LogP) is 6.51. The lowest BCUT2D eigenvalue weighted by Crippen LogP contribution is -2.52. The summed E-state index contributed by atoms with van der Waals surface area (Å²) in [5.41, 5.74) is 0.982. The number of hydrogen-bond acceptors (Lipinski definition) is 3. The molecule has 0 atom stereocenters. The summed E-state index contributed by atoms with van der Waals surface area (Å²) in [4.78, 5) is 15.6. The van der Waals surface area contributed by atoms with Crippen molar-refractivity contribution in [3.63, 3.8) is 0 Å². The minimum atomic E-state index is -2.94. The van der Waals surface area contributed by atoms with E-state index in [1.807, 2.05) is 57.2 Å². The molecule has 9 heteroatoms. The lowest BCUT2D eigenvalue weighted by Gasteiger charge is -2.37. The second-order valence-corrected chi connectivity index (χ2v) is 11.3. The van der Waals surface area contributed by atoms with Crippen molar-refractivity contribution in [1.29, 1.82) is 0 Å². The van der Waals surface area contributed by atoms with E-state index in [9.17, 15) is 4.79 Å². The summed E-state index contributed by atoms with van der Waals surface area (Å²) < 4.78 is 39.5. The second-order valence-electron chi connectivity index (χ2n) is 9.51. The molecule has 0 unspecified atom stereocenters. The van der Waals surface area contributed by atoms with Gasteiger partial charge in [0, 0.05) is 56.9 Å². The van der Waals surface area contributed by atoms with Gasteiger partial charge in [-0.1, -0.05) is 31.9 Å². The van der Waals surface area contributed by atoms with Crippen LogP contribution in [0.1, 0.15) is 20.8 Å². The first-order valence-corrected chi connectivity index (χ1v) is 12.5.